The lowest BCUT2D eigenvalue weighted by atomic mass is 9.71. The van der Waals surface area contributed by atoms with E-state index in [2.05, 4.69) is 0 Å². The van der Waals surface area contributed by atoms with E-state index in [1.807, 2.05) is 13.8 Å². The first-order valence-corrected chi connectivity index (χ1v) is 6.73. The van der Waals surface area contributed by atoms with Crippen LogP contribution in [0.5, 0.6) is 0 Å². The van der Waals surface area contributed by atoms with Gasteiger partial charge >= 0.3 is 0 Å². The number of ether oxygens (including phenoxy) is 2. The summed E-state index contributed by atoms with van der Waals surface area (Å²) in [6, 6.07) is 0. The summed E-state index contributed by atoms with van der Waals surface area (Å²) in [6.07, 6.45) is 0.475. The summed E-state index contributed by atoms with van der Waals surface area (Å²) >= 11 is 0. The van der Waals surface area contributed by atoms with E-state index >= 15 is 0 Å². The first-order chi connectivity index (χ1) is 8.44. The minimum absolute atomic E-state index is 0.0158. The minimum Gasteiger partial charge on any atom is -0.396 e. The van der Waals surface area contributed by atoms with Crippen molar-refractivity contribution >= 4 is 0 Å². The van der Waals surface area contributed by atoms with Gasteiger partial charge in [0.2, 0.25) is 0 Å². The van der Waals surface area contributed by atoms with Gasteiger partial charge in [0.25, 0.3) is 0 Å². The predicted molar refractivity (Wildman–Crippen MR) is 64.8 cm³/mol. The van der Waals surface area contributed by atoms with Gasteiger partial charge in [0.05, 0.1) is 24.9 Å². The summed E-state index contributed by atoms with van der Waals surface area (Å²) < 4.78 is 11.3. The minimum atomic E-state index is -0.628. The largest absolute Gasteiger partial charge is 0.396 e. The van der Waals surface area contributed by atoms with Gasteiger partial charge in [-0.1, -0.05) is 0 Å². The molecular weight excluding hydrogens is 236 g/mol. The van der Waals surface area contributed by atoms with Gasteiger partial charge < -0.3 is 24.8 Å². The van der Waals surface area contributed by atoms with E-state index in [0.29, 0.717) is 25.9 Å². The summed E-state index contributed by atoms with van der Waals surface area (Å²) in [6.45, 7) is 4.14. The van der Waals surface area contributed by atoms with E-state index in [4.69, 9.17) is 14.6 Å². The standard InChI is InChI=1S/C13H24O5/c1-13(2)17-7-11(18-13)12-8(5-6-14)9(15)3-4-10(12)16/h8-12,14-16H,3-7H2,1-2H3/t8-,9+,10-,11?,12-/m0/s1. The zero-order valence-electron chi connectivity index (χ0n) is 11.1. The van der Waals surface area contributed by atoms with Gasteiger partial charge in [-0.2, -0.15) is 0 Å². The molecule has 1 aliphatic carbocycles. The molecule has 1 saturated heterocycles. The molecule has 0 aromatic rings. The Balaban J connectivity index is 2.10. The van der Waals surface area contributed by atoms with Crippen molar-refractivity contribution in [1.29, 1.82) is 0 Å². The zero-order valence-corrected chi connectivity index (χ0v) is 11.1. The van der Waals surface area contributed by atoms with Crippen molar-refractivity contribution in [3.8, 4) is 0 Å². The summed E-state index contributed by atoms with van der Waals surface area (Å²) in [5, 5.41) is 29.4. The van der Waals surface area contributed by atoms with Crippen LogP contribution < -0.4 is 0 Å². The third kappa shape index (κ3) is 2.86. The Morgan fingerprint density at radius 3 is 2.39 bits per heavy atom. The van der Waals surface area contributed by atoms with Crippen molar-refractivity contribution in [2.24, 2.45) is 11.8 Å². The molecule has 18 heavy (non-hydrogen) atoms. The number of hydrogen-bond acceptors (Lipinski definition) is 5. The van der Waals surface area contributed by atoms with Gasteiger partial charge in [0.1, 0.15) is 0 Å². The molecule has 0 spiro atoms. The molecule has 5 heteroatoms. The van der Waals surface area contributed by atoms with Crippen molar-refractivity contribution in [2.75, 3.05) is 13.2 Å². The quantitative estimate of drug-likeness (QED) is 0.679. The molecule has 1 saturated carbocycles. The topological polar surface area (TPSA) is 79.2 Å². The summed E-state index contributed by atoms with van der Waals surface area (Å²) in [7, 11) is 0. The molecule has 5 nitrogen and oxygen atoms in total. The second-order valence-electron chi connectivity index (χ2n) is 5.83. The molecule has 1 unspecified atom stereocenters. The molecule has 2 rings (SSSR count). The lowest BCUT2D eigenvalue weighted by molar-refractivity contribution is -0.165. The fourth-order valence-corrected chi connectivity index (χ4v) is 3.25. The number of hydrogen-bond donors (Lipinski definition) is 3. The average Bonchev–Trinajstić information content (AvgIpc) is 2.64. The van der Waals surface area contributed by atoms with Crippen LogP contribution in [0.2, 0.25) is 0 Å². The van der Waals surface area contributed by atoms with E-state index in [1.165, 1.54) is 0 Å². The van der Waals surface area contributed by atoms with Crippen LogP contribution in [0.1, 0.15) is 33.1 Å². The summed E-state index contributed by atoms with van der Waals surface area (Å²) in [5.74, 6) is -0.916. The van der Waals surface area contributed by atoms with Crippen molar-refractivity contribution in [1.82, 2.24) is 0 Å². The Labute approximate surface area is 108 Å². The van der Waals surface area contributed by atoms with Crippen molar-refractivity contribution < 1.29 is 24.8 Å². The average molecular weight is 260 g/mol. The number of rotatable bonds is 3. The summed E-state index contributed by atoms with van der Waals surface area (Å²) in [5.41, 5.74) is 0. The van der Waals surface area contributed by atoms with Gasteiger partial charge in [0.15, 0.2) is 5.79 Å². The number of aliphatic hydroxyl groups excluding tert-OH is 3. The van der Waals surface area contributed by atoms with Gasteiger partial charge in [-0.3, -0.25) is 0 Å². The fourth-order valence-electron chi connectivity index (χ4n) is 3.25. The van der Waals surface area contributed by atoms with E-state index in [-0.39, 0.29) is 24.5 Å². The molecule has 0 amide bonds. The molecule has 0 radical (unpaired) electrons. The molecule has 2 aliphatic rings. The van der Waals surface area contributed by atoms with Crippen LogP contribution in [0, 0.1) is 11.8 Å². The Morgan fingerprint density at radius 2 is 1.83 bits per heavy atom. The third-order valence-corrected chi connectivity index (χ3v) is 4.11. The lowest BCUT2D eigenvalue weighted by Gasteiger charge is -2.41. The first-order valence-electron chi connectivity index (χ1n) is 6.73. The first kappa shape index (κ1) is 14.2. The number of aliphatic hydroxyl groups is 3. The highest BCUT2D eigenvalue weighted by Crippen LogP contribution is 2.40. The molecular formula is C13H24O5. The van der Waals surface area contributed by atoms with E-state index in [0.717, 1.165) is 0 Å². The maximum atomic E-state index is 10.2. The van der Waals surface area contributed by atoms with Crippen molar-refractivity contribution in [3.63, 3.8) is 0 Å². The highest BCUT2D eigenvalue weighted by Gasteiger charge is 2.47. The SMILES string of the molecule is CC1(C)OCC([C@H]2[C@@H](CCO)[C@H](O)CC[C@@H]2O)O1. The van der Waals surface area contributed by atoms with Gasteiger partial charge in [-0.05, 0) is 39.0 Å². The van der Waals surface area contributed by atoms with E-state index < -0.39 is 18.0 Å². The molecule has 3 N–H and O–H groups in total. The molecule has 1 heterocycles. The second kappa shape index (κ2) is 5.43. The van der Waals surface area contributed by atoms with E-state index in [1.54, 1.807) is 0 Å². The van der Waals surface area contributed by atoms with Gasteiger partial charge in [0, 0.05) is 12.5 Å². The van der Waals surface area contributed by atoms with Crippen LogP contribution in [0.15, 0.2) is 0 Å². The Bertz CT molecular complexity index is 281. The Morgan fingerprint density at radius 1 is 1.17 bits per heavy atom. The predicted octanol–water partition coefficient (Wildman–Crippen LogP) is 0.268. The van der Waals surface area contributed by atoms with Crippen LogP contribution in [0.4, 0.5) is 0 Å². The highest BCUT2D eigenvalue weighted by atomic mass is 16.7. The maximum Gasteiger partial charge on any atom is 0.163 e. The Kier molecular flexibility index (Phi) is 4.29. The maximum absolute atomic E-state index is 10.2. The zero-order chi connectivity index (χ0) is 13.3. The molecule has 0 aromatic heterocycles. The van der Waals surface area contributed by atoms with Gasteiger partial charge in [-0.15, -0.1) is 0 Å². The molecule has 106 valence electrons. The monoisotopic (exact) mass is 260 g/mol. The second-order valence-corrected chi connectivity index (χ2v) is 5.83. The highest BCUT2D eigenvalue weighted by molar-refractivity contribution is 4.93. The van der Waals surface area contributed by atoms with Crippen molar-refractivity contribution in [3.05, 3.63) is 0 Å². The van der Waals surface area contributed by atoms with Gasteiger partial charge in [-0.25, -0.2) is 0 Å². The van der Waals surface area contributed by atoms with Crippen LogP contribution in [0.3, 0.4) is 0 Å². The molecule has 0 aromatic carbocycles. The van der Waals surface area contributed by atoms with Crippen LogP contribution in [0.25, 0.3) is 0 Å². The van der Waals surface area contributed by atoms with Crippen LogP contribution >= 0.6 is 0 Å². The summed E-state index contributed by atoms with van der Waals surface area (Å²) in [4.78, 5) is 0. The van der Waals surface area contributed by atoms with Crippen LogP contribution in [-0.4, -0.2) is 52.6 Å². The molecule has 1 aliphatic heterocycles. The molecule has 5 atom stereocenters. The van der Waals surface area contributed by atoms with Crippen molar-refractivity contribution in [2.45, 2.75) is 57.2 Å². The molecule has 0 bridgehead atoms. The fraction of sp³-hybridized carbons (Fsp3) is 1.00. The normalized spacial score (nSPS) is 44.2. The van der Waals surface area contributed by atoms with E-state index in [9.17, 15) is 10.2 Å². The van der Waals surface area contributed by atoms with Crippen LogP contribution in [-0.2, 0) is 9.47 Å². The lowest BCUT2D eigenvalue weighted by Crippen LogP contribution is -2.48. The molecule has 2 fully saturated rings. The third-order valence-electron chi connectivity index (χ3n) is 4.11. The Hall–Kier alpha value is -0.200. The smallest absolute Gasteiger partial charge is 0.163 e.